The molecule has 1 aliphatic carbocycles. The number of benzene rings is 2. The van der Waals surface area contributed by atoms with Crippen LogP contribution >= 0.6 is 11.3 Å². The second-order valence-corrected chi connectivity index (χ2v) is 9.29. The van der Waals surface area contributed by atoms with Gasteiger partial charge in [0.15, 0.2) is 17.4 Å². The molecular formula is C24H22F2N4O2S. The fourth-order valence-corrected chi connectivity index (χ4v) is 5.01. The van der Waals surface area contributed by atoms with E-state index in [2.05, 4.69) is 34.7 Å². The number of phenolic OH excluding ortho intramolecular Hbond substituents is 1. The normalized spacial score (nSPS) is 18.5. The van der Waals surface area contributed by atoms with E-state index in [9.17, 15) is 18.7 Å². The highest BCUT2D eigenvalue weighted by Gasteiger charge is 2.24. The van der Waals surface area contributed by atoms with Crippen molar-refractivity contribution in [2.24, 2.45) is 5.92 Å². The van der Waals surface area contributed by atoms with Gasteiger partial charge < -0.3 is 10.4 Å². The average Bonchev–Trinajstić information content (AvgIpc) is 3.50. The van der Waals surface area contributed by atoms with Gasteiger partial charge >= 0.3 is 0 Å². The van der Waals surface area contributed by atoms with Crippen molar-refractivity contribution in [3.8, 4) is 16.3 Å². The minimum Gasteiger partial charge on any atom is -0.503 e. The summed E-state index contributed by atoms with van der Waals surface area (Å²) in [5.74, 6) is -3.63. The first-order valence-electron chi connectivity index (χ1n) is 10.8. The summed E-state index contributed by atoms with van der Waals surface area (Å²) in [6.07, 6.45) is 7.60. The van der Waals surface area contributed by atoms with E-state index in [0.717, 1.165) is 59.3 Å². The van der Waals surface area contributed by atoms with Crippen LogP contribution in [0.4, 0.5) is 8.78 Å². The van der Waals surface area contributed by atoms with Crippen molar-refractivity contribution >= 4 is 28.1 Å². The zero-order chi connectivity index (χ0) is 22.9. The molecule has 9 heteroatoms. The van der Waals surface area contributed by atoms with Crippen molar-refractivity contribution in [3.63, 3.8) is 0 Å². The lowest BCUT2D eigenvalue weighted by Gasteiger charge is -2.28. The quantitative estimate of drug-likeness (QED) is 0.416. The number of rotatable bonds is 5. The average molecular weight is 469 g/mol. The molecule has 1 saturated carbocycles. The molecule has 0 saturated heterocycles. The fraction of sp³-hybridized carbons (Fsp3) is 0.292. The molecule has 2 N–H and O–H groups in total. The molecule has 0 radical (unpaired) electrons. The monoisotopic (exact) mass is 468 g/mol. The third kappa shape index (κ3) is 4.45. The standard InChI is InChI=1S/C24H22F2N4O2S/c25-19-9-17(10-20(26)22(19)31)23(32)28-12-14-1-5-18(6-2-14)30-13-16-4-3-15(11-21(16)29-30)24-27-7-8-33-24/h3-4,7-11,13-14,18,31H,1-2,5-6,12H2,(H,28,32). The number of hydrogen-bond acceptors (Lipinski definition) is 5. The molecule has 0 bridgehead atoms. The smallest absolute Gasteiger partial charge is 0.251 e. The molecular weight excluding hydrogens is 446 g/mol. The van der Waals surface area contributed by atoms with Gasteiger partial charge in [0.2, 0.25) is 0 Å². The van der Waals surface area contributed by atoms with Gasteiger partial charge in [-0.25, -0.2) is 13.8 Å². The van der Waals surface area contributed by atoms with Gasteiger partial charge in [-0.2, -0.15) is 5.10 Å². The molecule has 4 aromatic rings. The van der Waals surface area contributed by atoms with Crippen LogP contribution in [0.25, 0.3) is 21.5 Å². The lowest BCUT2D eigenvalue weighted by Crippen LogP contribution is -2.31. The molecule has 1 fully saturated rings. The molecule has 33 heavy (non-hydrogen) atoms. The Balaban J connectivity index is 1.18. The van der Waals surface area contributed by atoms with Crippen LogP contribution in [0.3, 0.4) is 0 Å². The zero-order valence-electron chi connectivity index (χ0n) is 17.7. The Morgan fingerprint density at radius 1 is 1.15 bits per heavy atom. The van der Waals surface area contributed by atoms with Crippen LogP contribution in [0.1, 0.15) is 42.1 Å². The number of nitrogens with one attached hydrogen (secondary N) is 1. The van der Waals surface area contributed by atoms with Gasteiger partial charge in [-0.3, -0.25) is 9.48 Å². The SMILES string of the molecule is O=C(NCC1CCC(n2cc3ccc(-c4nccs4)cc3n2)CC1)c1cc(F)c(O)c(F)c1. The molecule has 0 unspecified atom stereocenters. The minimum atomic E-state index is -1.15. The number of aromatic hydroxyl groups is 1. The van der Waals surface area contributed by atoms with E-state index in [1.807, 2.05) is 10.1 Å². The predicted molar refractivity (Wildman–Crippen MR) is 122 cm³/mol. The number of phenols is 1. The van der Waals surface area contributed by atoms with Crippen LogP contribution in [0.5, 0.6) is 5.75 Å². The summed E-state index contributed by atoms with van der Waals surface area (Å²) in [4.78, 5) is 16.6. The Morgan fingerprint density at radius 2 is 1.91 bits per heavy atom. The first-order chi connectivity index (χ1) is 16.0. The lowest BCUT2D eigenvalue weighted by molar-refractivity contribution is 0.0940. The number of carbonyl (C=O) groups excluding carboxylic acids is 1. The van der Waals surface area contributed by atoms with E-state index in [4.69, 9.17) is 5.10 Å². The fourth-order valence-electron chi connectivity index (χ4n) is 4.37. The van der Waals surface area contributed by atoms with Crippen molar-refractivity contribution < 1.29 is 18.7 Å². The summed E-state index contributed by atoms with van der Waals surface area (Å²) in [6, 6.07) is 8.19. The van der Waals surface area contributed by atoms with Crippen LogP contribution in [-0.4, -0.2) is 32.3 Å². The number of hydrogen-bond donors (Lipinski definition) is 2. The highest BCUT2D eigenvalue weighted by molar-refractivity contribution is 7.13. The summed E-state index contributed by atoms with van der Waals surface area (Å²) in [5.41, 5.74) is 1.87. The van der Waals surface area contributed by atoms with Gasteiger partial charge in [-0.05, 0) is 49.8 Å². The van der Waals surface area contributed by atoms with E-state index in [0.29, 0.717) is 18.5 Å². The van der Waals surface area contributed by atoms with Crippen LogP contribution in [0.2, 0.25) is 0 Å². The maximum Gasteiger partial charge on any atom is 0.251 e. The molecule has 6 nitrogen and oxygen atoms in total. The summed E-state index contributed by atoms with van der Waals surface area (Å²) in [6.45, 7) is 0.438. The van der Waals surface area contributed by atoms with Crippen LogP contribution in [0.15, 0.2) is 48.1 Å². The zero-order valence-corrected chi connectivity index (χ0v) is 18.5. The van der Waals surface area contributed by atoms with Crippen molar-refractivity contribution in [3.05, 3.63) is 65.3 Å². The highest BCUT2D eigenvalue weighted by Crippen LogP contribution is 2.33. The molecule has 0 atom stereocenters. The van der Waals surface area contributed by atoms with Crippen LogP contribution in [-0.2, 0) is 0 Å². The van der Waals surface area contributed by atoms with Crippen LogP contribution in [0, 0.1) is 17.6 Å². The molecule has 2 aromatic heterocycles. The van der Waals surface area contributed by atoms with Gasteiger partial charge in [0.1, 0.15) is 5.01 Å². The number of thiazole rings is 1. The van der Waals surface area contributed by atoms with E-state index in [-0.39, 0.29) is 5.56 Å². The Hall–Kier alpha value is -3.33. The Bertz CT molecular complexity index is 1270. The molecule has 0 spiro atoms. The van der Waals surface area contributed by atoms with Gasteiger partial charge in [0.05, 0.1) is 11.6 Å². The number of fused-ring (bicyclic) bond motifs is 1. The highest BCUT2D eigenvalue weighted by atomic mass is 32.1. The second kappa shape index (κ2) is 8.90. The van der Waals surface area contributed by atoms with Crippen molar-refractivity contribution in [1.82, 2.24) is 20.1 Å². The second-order valence-electron chi connectivity index (χ2n) is 8.39. The Morgan fingerprint density at radius 3 is 2.61 bits per heavy atom. The topological polar surface area (TPSA) is 80.0 Å². The first kappa shape index (κ1) is 21.5. The number of aromatic nitrogens is 3. The van der Waals surface area contributed by atoms with E-state index < -0.39 is 23.3 Å². The Kier molecular flexibility index (Phi) is 5.80. The number of halogens is 2. The van der Waals surface area contributed by atoms with Gasteiger partial charge in [0, 0.05) is 40.8 Å². The molecule has 170 valence electrons. The number of nitrogens with zero attached hydrogens (tertiary/aromatic N) is 3. The maximum atomic E-state index is 13.5. The molecule has 2 heterocycles. The molecule has 2 aromatic carbocycles. The summed E-state index contributed by atoms with van der Waals surface area (Å²) in [7, 11) is 0. The third-order valence-electron chi connectivity index (χ3n) is 6.23. The largest absolute Gasteiger partial charge is 0.503 e. The van der Waals surface area contributed by atoms with E-state index >= 15 is 0 Å². The van der Waals surface area contributed by atoms with Crippen molar-refractivity contribution in [2.75, 3.05) is 6.54 Å². The van der Waals surface area contributed by atoms with E-state index in [1.54, 1.807) is 17.5 Å². The molecule has 0 aliphatic heterocycles. The van der Waals surface area contributed by atoms with Gasteiger partial charge in [-0.15, -0.1) is 11.3 Å². The van der Waals surface area contributed by atoms with Crippen LogP contribution < -0.4 is 5.32 Å². The molecule has 1 amide bonds. The van der Waals surface area contributed by atoms with Crippen molar-refractivity contribution in [2.45, 2.75) is 31.7 Å². The van der Waals surface area contributed by atoms with Crippen molar-refractivity contribution in [1.29, 1.82) is 0 Å². The maximum absolute atomic E-state index is 13.5. The number of carbonyl (C=O) groups is 1. The lowest BCUT2D eigenvalue weighted by atomic mass is 9.86. The third-order valence-corrected chi connectivity index (χ3v) is 7.05. The predicted octanol–water partition coefficient (Wildman–Crippen LogP) is 5.30. The number of amides is 1. The molecule has 1 aliphatic rings. The van der Waals surface area contributed by atoms with Gasteiger partial charge in [0.25, 0.3) is 5.91 Å². The van der Waals surface area contributed by atoms with Gasteiger partial charge in [-0.1, -0.05) is 12.1 Å². The summed E-state index contributed by atoms with van der Waals surface area (Å²) < 4.78 is 29.0. The Labute approximate surface area is 192 Å². The van der Waals surface area contributed by atoms with E-state index in [1.165, 1.54) is 0 Å². The minimum absolute atomic E-state index is 0.142. The molecule has 5 rings (SSSR count). The first-order valence-corrected chi connectivity index (χ1v) is 11.7. The summed E-state index contributed by atoms with van der Waals surface area (Å²) >= 11 is 1.60. The summed E-state index contributed by atoms with van der Waals surface area (Å²) in [5, 5.41) is 20.8.